The van der Waals surface area contributed by atoms with E-state index >= 15 is 0 Å². The summed E-state index contributed by atoms with van der Waals surface area (Å²) in [5, 5.41) is 2.53. The lowest BCUT2D eigenvalue weighted by Crippen LogP contribution is -2.51. The number of nitrogens with zero attached hydrogens (tertiary/aromatic N) is 2. The molecule has 1 aliphatic rings. The molecule has 2 unspecified atom stereocenters. The minimum Gasteiger partial charge on any atom is -0.246 e. The van der Waals surface area contributed by atoms with Crippen molar-refractivity contribution in [1.29, 1.82) is 0 Å². The van der Waals surface area contributed by atoms with Crippen LogP contribution in [-0.4, -0.2) is 43.3 Å². The summed E-state index contributed by atoms with van der Waals surface area (Å²) < 4.78 is 1.15. The van der Waals surface area contributed by atoms with Crippen molar-refractivity contribution in [2.45, 2.75) is 40.5 Å². The summed E-state index contributed by atoms with van der Waals surface area (Å²) in [5.74, 6) is 0.837. The Kier molecular flexibility index (Phi) is 3.83. The fourth-order valence-electron chi connectivity index (χ4n) is 2.50. The maximum Gasteiger partial charge on any atom is 0.101 e. The van der Waals surface area contributed by atoms with Gasteiger partial charge in [0.1, 0.15) is 6.54 Å². The molecule has 2 heteroatoms. The van der Waals surface area contributed by atoms with Crippen LogP contribution >= 0.6 is 0 Å². The number of rotatable bonds is 3. The largest absolute Gasteiger partial charge is 0.246 e. The van der Waals surface area contributed by atoms with Crippen molar-refractivity contribution < 1.29 is 4.59 Å². The second-order valence-corrected chi connectivity index (χ2v) is 6.50. The molecule has 0 aromatic carbocycles. The maximum absolute atomic E-state index is 2.53. The molecule has 1 heterocycles. The first-order valence-corrected chi connectivity index (χ1v) is 6.36. The van der Waals surface area contributed by atoms with E-state index in [-0.39, 0.29) is 0 Å². The van der Waals surface area contributed by atoms with Gasteiger partial charge in [-0.25, -0.2) is 4.59 Å². The first-order valence-electron chi connectivity index (χ1n) is 6.36. The number of hydrogen-bond donors (Lipinski definition) is 0. The van der Waals surface area contributed by atoms with Gasteiger partial charge in [0.05, 0.1) is 20.1 Å². The minimum absolute atomic E-state index is 0.455. The first kappa shape index (κ1) is 13.0. The van der Waals surface area contributed by atoms with E-state index in [1.165, 1.54) is 32.5 Å². The SMILES string of the molecule is CCCC[N+]1(C)CC(C(C)(C)C)CN1C. The normalized spacial score (nSPS) is 33.6. The van der Waals surface area contributed by atoms with Crippen LogP contribution in [0.25, 0.3) is 0 Å². The van der Waals surface area contributed by atoms with Crippen LogP contribution in [-0.2, 0) is 0 Å². The van der Waals surface area contributed by atoms with Crippen LogP contribution < -0.4 is 0 Å². The molecule has 1 fully saturated rings. The molecule has 0 amide bonds. The van der Waals surface area contributed by atoms with Crippen molar-refractivity contribution in [3.05, 3.63) is 0 Å². The summed E-state index contributed by atoms with van der Waals surface area (Å²) in [5.41, 5.74) is 0.455. The molecule has 2 atom stereocenters. The zero-order valence-electron chi connectivity index (χ0n) is 11.5. The molecule has 0 aromatic heterocycles. The Morgan fingerprint density at radius 1 is 1.33 bits per heavy atom. The van der Waals surface area contributed by atoms with Crippen LogP contribution in [0.5, 0.6) is 0 Å². The Morgan fingerprint density at radius 3 is 2.33 bits per heavy atom. The summed E-state index contributed by atoms with van der Waals surface area (Å²) in [6.45, 7) is 13.3. The van der Waals surface area contributed by atoms with E-state index in [1.807, 2.05) is 0 Å². The quantitative estimate of drug-likeness (QED) is 0.652. The summed E-state index contributed by atoms with van der Waals surface area (Å²) >= 11 is 0. The highest BCUT2D eigenvalue weighted by Gasteiger charge is 2.44. The van der Waals surface area contributed by atoms with Crippen LogP contribution in [0.3, 0.4) is 0 Å². The molecule has 0 aliphatic carbocycles. The molecule has 90 valence electrons. The van der Waals surface area contributed by atoms with Gasteiger partial charge in [-0.2, -0.15) is 5.01 Å². The van der Waals surface area contributed by atoms with E-state index in [4.69, 9.17) is 0 Å². The fraction of sp³-hybridized carbons (Fsp3) is 1.00. The monoisotopic (exact) mass is 213 g/mol. The van der Waals surface area contributed by atoms with Gasteiger partial charge in [0.2, 0.25) is 0 Å². The lowest BCUT2D eigenvalue weighted by Gasteiger charge is -2.35. The zero-order valence-corrected chi connectivity index (χ0v) is 11.5. The van der Waals surface area contributed by atoms with E-state index in [1.54, 1.807) is 0 Å². The average Bonchev–Trinajstić information content (AvgIpc) is 2.40. The van der Waals surface area contributed by atoms with Gasteiger partial charge in [0, 0.05) is 13.0 Å². The van der Waals surface area contributed by atoms with Gasteiger partial charge in [-0.15, -0.1) is 0 Å². The Balaban J connectivity index is 2.62. The molecule has 1 saturated heterocycles. The fourth-order valence-corrected chi connectivity index (χ4v) is 2.50. The lowest BCUT2D eigenvalue weighted by molar-refractivity contribution is -1.00. The summed E-state index contributed by atoms with van der Waals surface area (Å²) in [7, 11) is 4.67. The van der Waals surface area contributed by atoms with E-state index in [9.17, 15) is 0 Å². The van der Waals surface area contributed by atoms with Gasteiger partial charge in [-0.05, 0) is 11.8 Å². The van der Waals surface area contributed by atoms with Crippen LogP contribution in [0.15, 0.2) is 0 Å². The molecule has 0 spiro atoms. The topological polar surface area (TPSA) is 3.24 Å². The second-order valence-electron chi connectivity index (χ2n) is 6.50. The third-order valence-electron chi connectivity index (χ3n) is 4.14. The number of hydrogen-bond acceptors (Lipinski definition) is 1. The molecule has 1 rings (SSSR count). The molecular formula is C13H29N2+. The Morgan fingerprint density at radius 2 is 1.93 bits per heavy atom. The summed E-state index contributed by atoms with van der Waals surface area (Å²) in [6.07, 6.45) is 2.65. The molecule has 15 heavy (non-hydrogen) atoms. The van der Waals surface area contributed by atoms with Crippen LogP contribution in [0.1, 0.15) is 40.5 Å². The highest BCUT2D eigenvalue weighted by Crippen LogP contribution is 2.35. The molecule has 0 bridgehead atoms. The molecule has 0 N–H and O–H groups in total. The van der Waals surface area contributed by atoms with E-state index in [0.717, 1.165) is 10.5 Å². The van der Waals surface area contributed by atoms with Crippen molar-refractivity contribution in [1.82, 2.24) is 5.01 Å². The summed E-state index contributed by atoms with van der Waals surface area (Å²) in [6, 6.07) is 0. The van der Waals surface area contributed by atoms with Crippen molar-refractivity contribution in [2.75, 3.05) is 33.7 Å². The van der Waals surface area contributed by atoms with Crippen molar-refractivity contribution >= 4 is 0 Å². The molecule has 2 nitrogen and oxygen atoms in total. The second kappa shape index (κ2) is 4.42. The van der Waals surface area contributed by atoms with Crippen molar-refractivity contribution in [2.24, 2.45) is 11.3 Å². The van der Waals surface area contributed by atoms with Gasteiger partial charge in [0.25, 0.3) is 0 Å². The third-order valence-corrected chi connectivity index (χ3v) is 4.14. The molecule has 1 aliphatic heterocycles. The standard InChI is InChI=1S/C13H29N2/c1-7-8-9-15(6)11-12(10-14(15)5)13(2,3)4/h12H,7-11H2,1-6H3/q+1. The van der Waals surface area contributed by atoms with Gasteiger partial charge in [-0.1, -0.05) is 34.1 Å². The van der Waals surface area contributed by atoms with Crippen LogP contribution in [0.4, 0.5) is 0 Å². The predicted octanol–water partition coefficient (Wildman–Crippen LogP) is 2.76. The maximum atomic E-state index is 2.53. The Bertz CT molecular complexity index is 207. The zero-order chi connectivity index (χ0) is 11.7. The molecule has 0 aromatic rings. The Hall–Kier alpha value is -0.0800. The number of unbranched alkanes of at least 4 members (excludes halogenated alkanes) is 1. The van der Waals surface area contributed by atoms with E-state index < -0.39 is 0 Å². The van der Waals surface area contributed by atoms with Crippen LogP contribution in [0.2, 0.25) is 0 Å². The van der Waals surface area contributed by atoms with Crippen LogP contribution in [0, 0.1) is 11.3 Å². The highest BCUT2D eigenvalue weighted by atomic mass is 15.8. The Labute approximate surface area is 95.8 Å². The summed E-state index contributed by atoms with van der Waals surface area (Å²) in [4.78, 5) is 0. The van der Waals surface area contributed by atoms with Crippen molar-refractivity contribution in [3.8, 4) is 0 Å². The van der Waals surface area contributed by atoms with Crippen molar-refractivity contribution in [3.63, 3.8) is 0 Å². The third kappa shape index (κ3) is 2.94. The smallest absolute Gasteiger partial charge is 0.101 e. The average molecular weight is 213 g/mol. The highest BCUT2D eigenvalue weighted by molar-refractivity contribution is 4.78. The lowest BCUT2D eigenvalue weighted by atomic mass is 9.81. The van der Waals surface area contributed by atoms with Gasteiger partial charge in [0.15, 0.2) is 0 Å². The minimum atomic E-state index is 0.455. The van der Waals surface area contributed by atoms with Gasteiger partial charge in [-0.3, -0.25) is 0 Å². The number of quaternary nitrogens is 1. The van der Waals surface area contributed by atoms with Gasteiger partial charge >= 0.3 is 0 Å². The molecular weight excluding hydrogens is 184 g/mol. The van der Waals surface area contributed by atoms with E-state index in [2.05, 4.69) is 46.8 Å². The van der Waals surface area contributed by atoms with Gasteiger partial charge < -0.3 is 0 Å². The first-order chi connectivity index (χ1) is 6.79. The predicted molar refractivity (Wildman–Crippen MR) is 66.4 cm³/mol. The van der Waals surface area contributed by atoms with E-state index in [0.29, 0.717) is 5.41 Å². The molecule has 0 saturated carbocycles. The molecule has 0 radical (unpaired) electrons.